The van der Waals surface area contributed by atoms with Crippen LogP contribution in [0.5, 0.6) is 0 Å². The second kappa shape index (κ2) is 4.74. The highest BCUT2D eigenvalue weighted by molar-refractivity contribution is 6.02. The van der Waals surface area contributed by atoms with Crippen LogP contribution in [0.4, 0.5) is 20.3 Å². The molecule has 0 aliphatic carbocycles. The average Bonchev–Trinajstić information content (AvgIpc) is 2.34. The van der Waals surface area contributed by atoms with Crippen LogP contribution in [0, 0.1) is 11.6 Å². The van der Waals surface area contributed by atoms with Crippen molar-refractivity contribution in [1.29, 1.82) is 0 Å². The molecule has 3 N–H and O–H groups in total. The molecule has 2 aromatic rings. The van der Waals surface area contributed by atoms with Crippen molar-refractivity contribution >= 4 is 17.4 Å². The zero-order valence-corrected chi connectivity index (χ0v) is 9.02. The molecule has 1 aromatic carbocycles. The zero-order chi connectivity index (χ0) is 13.1. The first-order valence-corrected chi connectivity index (χ1v) is 4.91. The largest absolute Gasteiger partial charge is 0.382 e. The van der Waals surface area contributed by atoms with Gasteiger partial charge >= 0.3 is 0 Å². The molecule has 2 rings (SSSR count). The van der Waals surface area contributed by atoms with Gasteiger partial charge in [0.05, 0.1) is 12.4 Å². The molecule has 0 spiro atoms. The predicted octanol–water partition coefficient (Wildman–Crippen LogP) is 1.59. The third-order valence-corrected chi connectivity index (χ3v) is 2.11. The minimum absolute atomic E-state index is 0.0909. The lowest BCUT2D eigenvalue weighted by Crippen LogP contribution is -2.16. The number of nitrogens with two attached hydrogens (primary N) is 1. The van der Waals surface area contributed by atoms with Crippen LogP contribution >= 0.6 is 0 Å². The number of rotatable bonds is 2. The Kier molecular flexibility index (Phi) is 3.13. The fraction of sp³-hybridized carbons (Fsp3) is 0. The highest BCUT2D eigenvalue weighted by Crippen LogP contribution is 2.18. The quantitative estimate of drug-likeness (QED) is 0.848. The highest BCUT2D eigenvalue weighted by atomic mass is 19.1. The van der Waals surface area contributed by atoms with Gasteiger partial charge in [-0.3, -0.25) is 4.79 Å². The molecule has 0 fully saturated rings. The number of hydrogen-bond acceptors (Lipinski definition) is 4. The summed E-state index contributed by atoms with van der Waals surface area (Å²) < 4.78 is 26.6. The summed E-state index contributed by atoms with van der Waals surface area (Å²) in [6.45, 7) is 0. The van der Waals surface area contributed by atoms with Gasteiger partial charge < -0.3 is 11.1 Å². The van der Waals surface area contributed by atoms with Gasteiger partial charge in [-0.05, 0) is 12.1 Å². The first-order chi connectivity index (χ1) is 8.58. The minimum Gasteiger partial charge on any atom is -0.382 e. The Balaban J connectivity index is 2.24. The maximum Gasteiger partial charge on any atom is 0.276 e. The second-order valence-corrected chi connectivity index (χ2v) is 3.38. The SMILES string of the molecule is Nc1cnc(C(=O)Nc2c(F)cccc2F)cn1. The van der Waals surface area contributed by atoms with Gasteiger partial charge in [0.1, 0.15) is 28.8 Å². The summed E-state index contributed by atoms with van der Waals surface area (Å²) in [6.07, 6.45) is 2.29. The van der Waals surface area contributed by atoms with E-state index in [9.17, 15) is 13.6 Å². The van der Waals surface area contributed by atoms with E-state index in [2.05, 4.69) is 15.3 Å². The molecule has 7 heteroatoms. The Labute approximate surface area is 101 Å². The monoisotopic (exact) mass is 250 g/mol. The lowest BCUT2D eigenvalue weighted by atomic mass is 10.3. The Bertz CT molecular complexity index is 566. The smallest absolute Gasteiger partial charge is 0.276 e. The lowest BCUT2D eigenvalue weighted by molar-refractivity contribution is 0.102. The molecule has 0 unspecified atom stereocenters. The fourth-order valence-corrected chi connectivity index (χ4v) is 1.25. The molecule has 0 saturated carbocycles. The fourth-order valence-electron chi connectivity index (χ4n) is 1.25. The van der Waals surface area contributed by atoms with E-state index in [1.807, 2.05) is 0 Å². The van der Waals surface area contributed by atoms with Gasteiger partial charge in [0, 0.05) is 0 Å². The third-order valence-electron chi connectivity index (χ3n) is 2.11. The summed E-state index contributed by atoms with van der Waals surface area (Å²) in [4.78, 5) is 19.0. The van der Waals surface area contributed by atoms with Crippen molar-refractivity contribution in [3.63, 3.8) is 0 Å². The highest BCUT2D eigenvalue weighted by Gasteiger charge is 2.14. The standard InChI is InChI=1S/C11H8F2N4O/c12-6-2-1-3-7(13)10(6)17-11(18)8-4-16-9(14)5-15-8/h1-5H,(H2,14,16)(H,17,18). The van der Waals surface area contributed by atoms with Crippen molar-refractivity contribution in [3.8, 4) is 0 Å². The molecular formula is C11H8F2N4O. The number of nitrogens with one attached hydrogen (secondary N) is 1. The maximum atomic E-state index is 13.3. The first-order valence-electron chi connectivity index (χ1n) is 4.91. The Morgan fingerprint density at radius 2 is 1.83 bits per heavy atom. The van der Waals surface area contributed by atoms with Crippen molar-refractivity contribution in [2.24, 2.45) is 0 Å². The first kappa shape index (κ1) is 11.9. The van der Waals surface area contributed by atoms with Crippen molar-refractivity contribution in [2.75, 3.05) is 11.1 Å². The zero-order valence-electron chi connectivity index (χ0n) is 9.02. The number of nitrogens with zero attached hydrogens (tertiary/aromatic N) is 2. The third kappa shape index (κ3) is 2.40. The number of halogens is 2. The molecule has 5 nitrogen and oxygen atoms in total. The predicted molar refractivity (Wildman–Crippen MR) is 60.8 cm³/mol. The van der Waals surface area contributed by atoms with Crippen LogP contribution in [0.25, 0.3) is 0 Å². The molecular weight excluding hydrogens is 242 g/mol. The van der Waals surface area contributed by atoms with Gasteiger partial charge in [-0.15, -0.1) is 0 Å². The van der Waals surface area contributed by atoms with Gasteiger partial charge in [0.15, 0.2) is 0 Å². The number of nitrogen functional groups attached to an aromatic ring is 1. The number of benzene rings is 1. The van der Waals surface area contributed by atoms with Gasteiger partial charge in [-0.1, -0.05) is 6.07 Å². The maximum absolute atomic E-state index is 13.3. The Morgan fingerprint density at radius 3 is 2.39 bits per heavy atom. The number of aromatic nitrogens is 2. The van der Waals surface area contributed by atoms with E-state index >= 15 is 0 Å². The van der Waals surface area contributed by atoms with E-state index in [0.717, 1.165) is 18.3 Å². The van der Waals surface area contributed by atoms with Gasteiger partial charge in [-0.2, -0.15) is 0 Å². The normalized spacial score (nSPS) is 10.1. The van der Waals surface area contributed by atoms with Crippen molar-refractivity contribution < 1.29 is 13.6 Å². The Hall–Kier alpha value is -2.57. The van der Waals surface area contributed by atoms with E-state index in [0.29, 0.717) is 0 Å². The number of amides is 1. The number of carbonyl (C=O) groups excluding carboxylic acids is 1. The summed E-state index contributed by atoms with van der Waals surface area (Å²) in [7, 11) is 0. The Morgan fingerprint density at radius 1 is 1.17 bits per heavy atom. The number of anilines is 2. The van der Waals surface area contributed by atoms with Crippen LogP contribution in [0.3, 0.4) is 0 Å². The second-order valence-electron chi connectivity index (χ2n) is 3.38. The molecule has 1 amide bonds. The van der Waals surface area contributed by atoms with Gasteiger partial charge in [-0.25, -0.2) is 18.7 Å². The van der Waals surface area contributed by atoms with E-state index < -0.39 is 23.2 Å². The van der Waals surface area contributed by atoms with E-state index in [1.165, 1.54) is 12.3 Å². The molecule has 1 heterocycles. The van der Waals surface area contributed by atoms with E-state index in [-0.39, 0.29) is 11.5 Å². The topological polar surface area (TPSA) is 80.9 Å². The van der Waals surface area contributed by atoms with E-state index in [1.54, 1.807) is 0 Å². The van der Waals surface area contributed by atoms with Crippen molar-refractivity contribution in [2.45, 2.75) is 0 Å². The average molecular weight is 250 g/mol. The van der Waals surface area contributed by atoms with E-state index in [4.69, 9.17) is 5.73 Å². The lowest BCUT2D eigenvalue weighted by Gasteiger charge is -2.06. The van der Waals surface area contributed by atoms with Crippen LogP contribution < -0.4 is 11.1 Å². The molecule has 0 saturated heterocycles. The van der Waals surface area contributed by atoms with Gasteiger partial charge in [0.25, 0.3) is 5.91 Å². The van der Waals surface area contributed by atoms with Crippen LogP contribution in [-0.4, -0.2) is 15.9 Å². The van der Waals surface area contributed by atoms with Crippen LogP contribution in [0.1, 0.15) is 10.5 Å². The summed E-state index contributed by atoms with van der Waals surface area (Å²) >= 11 is 0. The number of carbonyl (C=O) groups is 1. The summed E-state index contributed by atoms with van der Waals surface area (Å²) in [5.74, 6) is -2.37. The number of para-hydroxylation sites is 1. The van der Waals surface area contributed by atoms with Crippen LogP contribution in [0.15, 0.2) is 30.6 Å². The van der Waals surface area contributed by atoms with Crippen molar-refractivity contribution in [1.82, 2.24) is 9.97 Å². The summed E-state index contributed by atoms with van der Waals surface area (Å²) in [6, 6.07) is 3.27. The summed E-state index contributed by atoms with van der Waals surface area (Å²) in [5.41, 5.74) is 4.68. The molecule has 0 bridgehead atoms. The molecule has 1 aromatic heterocycles. The van der Waals surface area contributed by atoms with Crippen molar-refractivity contribution in [3.05, 3.63) is 47.9 Å². The number of hydrogen-bond donors (Lipinski definition) is 2. The summed E-state index contributed by atoms with van der Waals surface area (Å²) in [5, 5.41) is 2.08. The molecule has 18 heavy (non-hydrogen) atoms. The van der Waals surface area contributed by atoms with Crippen LogP contribution in [0.2, 0.25) is 0 Å². The van der Waals surface area contributed by atoms with Gasteiger partial charge in [0.2, 0.25) is 0 Å². The molecule has 0 radical (unpaired) electrons. The molecule has 92 valence electrons. The van der Waals surface area contributed by atoms with Crippen LogP contribution in [-0.2, 0) is 0 Å². The molecule has 0 atom stereocenters. The molecule has 0 aliphatic rings. The molecule has 0 aliphatic heterocycles. The minimum atomic E-state index is -0.869.